The molecule has 0 aliphatic carbocycles. The van der Waals surface area contributed by atoms with Gasteiger partial charge in [0.2, 0.25) is 0 Å². The fourth-order valence-corrected chi connectivity index (χ4v) is 1.53. The summed E-state index contributed by atoms with van der Waals surface area (Å²) >= 11 is 0. The van der Waals surface area contributed by atoms with Crippen molar-refractivity contribution in [2.45, 2.75) is 6.92 Å². The molecule has 2 aromatic rings. The van der Waals surface area contributed by atoms with E-state index in [9.17, 15) is 15.2 Å². The molecule has 0 aliphatic rings. The third-order valence-electron chi connectivity index (χ3n) is 2.60. The summed E-state index contributed by atoms with van der Waals surface area (Å²) in [5, 5.41) is 20.3. The maximum atomic E-state index is 10.6. The highest BCUT2D eigenvalue weighted by Crippen LogP contribution is 2.30. The lowest BCUT2D eigenvalue weighted by Crippen LogP contribution is -1.87. The summed E-state index contributed by atoms with van der Waals surface area (Å²) in [6.45, 7) is 1.98. The minimum absolute atomic E-state index is 0.0889. The molecule has 0 atom stereocenters. The van der Waals surface area contributed by atoms with Gasteiger partial charge < -0.3 is 5.11 Å². The number of rotatable bonds is 3. The quantitative estimate of drug-likeness (QED) is 0.519. The minimum atomic E-state index is -0.523. The predicted molar refractivity (Wildman–Crippen MR) is 73.2 cm³/mol. The van der Waals surface area contributed by atoms with Crippen LogP contribution < -0.4 is 0 Å². The van der Waals surface area contributed by atoms with E-state index < -0.39 is 4.92 Å². The van der Waals surface area contributed by atoms with Gasteiger partial charge in [-0.15, -0.1) is 0 Å². The van der Waals surface area contributed by atoms with Crippen LogP contribution in [0.2, 0.25) is 0 Å². The monoisotopic (exact) mass is 256 g/mol. The molecule has 2 rings (SSSR count). The van der Waals surface area contributed by atoms with E-state index >= 15 is 0 Å². The number of phenols is 1. The lowest BCUT2D eigenvalue weighted by Gasteiger charge is -1.99. The molecular formula is C14H12N2O3. The van der Waals surface area contributed by atoms with Gasteiger partial charge in [-0.1, -0.05) is 29.8 Å². The first-order valence-corrected chi connectivity index (χ1v) is 5.64. The number of hydrogen-bond acceptors (Lipinski definition) is 4. The van der Waals surface area contributed by atoms with Crippen LogP contribution in [-0.4, -0.2) is 16.2 Å². The lowest BCUT2D eigenvalue weighted by atomic mass is 10.2. The van der Waals surface area contributed by atoms with Gasteiger partial charge in [-0.3, -0.25) is 15.1 Å². The molecule has 0 fully saturated rings. The van der Waals surface area contributed by atoms with E-state index in [0.717, 1.165) is 11.1 Å². The number of aryl methyl sites for hydroxylation is 1. The Hall–Kier alpha value is -2.69. The van der Waals surface area contributed by atoms with Crippen LogP contribution in [0.15, 0.2) is 47.5 Å². The Morgan fingerprint density at radius 1 is 1.21 bits per heavy atom. The fourth-order valence-electron chi connectivity index (χ4n) is 1.53. The number of nitro benzene ring substituents is 1. The van der Waals surface area contributed by atoms with E-state index in [1.165, 1.54) is 18.2 Å². The SMILES string of the molecule is Cc1ccc(C=Nc2cc([N+](=O)[O-])ccc2O)cc1. The van der Waals surface area contributed by atoms with Crippen LogP contribution in [0.3, 0.4) is 0 Å². The summed E-state index contributed by atoms with van der Waals surface area (Å²) in [6, 6.07) is 11.4. The number of benzene rings is 2. The second-order valence-corrected chi connectivity index (χ2v) is 4.10. The van der Waals surface area contributed by atoms with Crippen molar-refractivity contribution in [1.82, 2.24) is 0 Å². The van der Waals surface area contributed by atoms with Crippen LogP contribution in [0.5, 0.6) is 5.75 Å². The van der Waals surface area contributed by atoms with Gasteiger partial charge in [0.15, 0.2) is 0 Å². The molecule has 0 amide bonds. The Morgan fingerprint density at radius 2 is 1.89 bits per heavy atom. The first-order chi connectivity index (χ1) is 9.06. The molecule has 0 aromatic heterocycles. The molecule has 0 saturated heterocycles. The number of aliphatic imine (C=N–C) groups is 1. The third-order valence-corrected chi connectivity index (χ3v) is 2.60. The average molecular weight is 256 g/mol. The molecule has 1 N–H and O–H groups in total. The van der Waals surface area contributed by atoms with Gasteiger partial charge in [0.1, 0.15) is 11.4 Å². The summed E-state index contributed by atoms with van der Waals surface area (Å²) in [6.07, 6.45) is 1.55. The van der Waals surface area contributed by atoms with Gasteiger partial charge in [0.05, 0.1) is 4.92 Å². The number of aromatic hydroxyl groups is 1. The van der Waals surface area contributed by atoms with E-state index in [-0.39, 0.29) is 17.1 Å². The van der Waals surface area contributed by atoms with E-state index in [2.05, 4.69) is 4.99 Å². The molecule has 0 saturated carbocycles. The van der Waals surface area contributed by atoms with Gasteiger partial charge >= 0.3 is 0 Å². The first kappa shape index (κ1) is 12.8. The Bertz CT molecular complexity index is 634. The van der Waals surface area contributed by atoms with Crippen molar-refractivity contribution in [3.8, 4) is 5.75 Å². The van der Waals surface area contributed by atoms with Gasteiger partial charge in [0, 0.05) is 18.3 Å². The van der Waals surface area contributed by atoms with E-state index in [4.69, 9.17) is 0 Å². The van der Waals surface area contributed by atoms with Crippen molar-refractivity contribution in [2.24, 2.45) is 4.99 Å². The molecule has 19 heavy (non-hydrogen) atoms. The highest BCUT2D eigenvalue weighted by Gasteiger charge is 2.08. The molecule has 5 heteroatoms. The van der Waals surface area contributed by atoms with Crippen molar-refractivity contribution in [2.75, 3.05) is 0 Å². The molecule has 0 heterocycles. The second-order valence-electron chi connectivity index (χ2n) is 4.10. The molecule has 0 bridgehead atoms. The molecule has 0 radical (unpaired) electrons. The Morgan fingerprint density at radius 3 is 2.53 bits per heavy atom. The number of nitro groups is 1. The normalized spacial score (nSPS) is 10.8. The van der Waals surface area contributed by atoms with E-state index in [1.807, 2.05) is 31.2 Å². The van der Waals surface area contributed by atoms with Crippen molar-refractivity contribution >= 4 is 17.6 Å². The van der Waals surface area contributed by atoms with Crippen molar-refractivity contribution in [1.29, 1.82) is 0 Å². The molecule has 0 unspecified atom stereocenters. The average Bonchev–Trinajstić information content (AvgIpc) is 2.39. The van der Waals surface area contributed by atoms with Crippen LogP contribution in [0.25, 0.3) is 0 Å². The fraction of sp³-hybridized carbons (Fsp3) is 0.0714. The van der Waals surface area contributed by atoms with E-state index in [1.54, 1.807) is 6.21 Å². The van der Waals surface area contributed by atoms with Crippen molar-refractivity contribution in [3.63, 3.8) is 0 Å². The lowest BCUT2D eigenvalue weighted by molar-refractivity contribution is -0.384. The topological polar surface area (TPSA) is 75.7 Å². The Kier molecular flexibility index (Phi) is 3.56. The molecule has 0 spiro atoms. The molecule has 2 aromatic carbocycles. The van der Waals surface area contributed by atoms with Crippen LogP contribution >= 0.6 is 0 Å². The van der Waals surface area contributed by atoms with E-state index in [0.29, 0.717) is 0 Å². The maximum Gasteiger partial charge on any atom is 0.271 e. The van der Waals surface area contributed by atoms with Gasteiger partial charge in [-0.05, 0) is 18.6 Å². The van der Waals surface area contributed by atoms with Crippen LogP contribution in [0.1, 0.15) is 11.1 Å². The number of hydrogen-bond donors (Lipinski definition) is 1. The smallest absolute Gasteiger partial charge is 0.271 e. The maximum absolute atomic E-state index is 10.6. The van der Waals surface area contributed by atoms with Crippen LogP contribution in [0.4, 0.5) is 11.4 Å². The number of nitrogens with zero attached hydrogens (tertiary/aromatic N) is 2. The standard InChI is InChI=1S/C14H12N2O3/c1-10-2-4-11(5-3-10)9-15-13-8-12(16(18)19)6-7-14(13)17/h2-9,17H,1H3. The summed E-state index contributed by atoms with van der Waals surface area (Å²) in [4.78, 5) is 14.2. The van der Waals surface area contributed by atoms with Gasteiger partial charge in [0.25, 0.3) is 5.69 Å². The highest BCUT2D eigenvalue weighted by molar-refractivity contribution is 5.83. The van der Waals surface area contributed by atoms with Gasteiger partial charge in [-0.2, -0.15) is 0 Å². The largest absolute Gasteiger partial charge is 0.506 e. The zero-order chi connectivity index (χ0) is 13.8. The number of non-ortho nitro benzene ring substituents is 1. The second kappa shape index (κ2) is 5.30. The summed E-state index contributed by atoms with van der Waals surface area (Å²) in [5.74, 6) is -0.0889. The summed E-state index contributed by atoms with van der Waals surface area (Å²) < 4.78 is 0. The summed E-state index contributed by atoms with van der Waals surface area (Å²) in [7, 11) is 0. The Labute approximate surface area is 110 Å². The molecule has 5 nitrogen and oxygen atoms in total. The first-order valence-electron chi connectivity index (χ1n) is 5.64. The Balaban J connectivity index is 2.29. The predicted octanol–water partition coefficient (Wildman–Crippen LogP) is 3.36. The van der Waals surface area contributed by atoms with Crippen molar-refractivity contribution in [3.05, 3.63) is 63.7 Å². The van der Waals surface area contributed by atoms with Crippen LogP contribution in [0, 0.1) is 17.0 Å². The van der Waals surface area contributed by atoms with Gasteiger partial charge in [-0.25, -0.2) is 0 Å². The molecule has 0 aliphatic heterocycles. The highest BCUT2D eigenvalue weighted by atomic mass is 16.6. The van der Waals surface area contributed by atoms with Crippen molar-refractivity contribution < 1.29 is 10.0 Å². The van der Waals surface area contributed by atoms with Crippen LogP contribution in [-0.2, 0) is 0 Å². The minimum Gasteiger partial charge on any atom is -0.506 e. The number of phenolic OH excluding ortho intramolecular Hbond substituents is 1. The third kappa shape index (κ3) is 3.16. The molecule has 96 valence electrons. The summed E-state index contributed by atoms with van der Waals surface area (Å²) in [5.41, 5.74) is 2.07. The zero-order valence-electron chi connectivity index (χ0n) is 10.3. The zero-order valence-corrected chi connectivity index (χ0v) is 10.3. The molecular weight excluding hydrogens is 244 g/mol.